The van der Waals surface area contributed by atoms with Crippen molar-refractivity contribution in [2.24, 2.45) is 11.7 Å². The summed E-state index contributed by atoms with van der Waals surface area (Å²) in [4.78, 5) is 2.51. The van der Waals surface area contributed by atoms with E-state index in [-0.39, 0.29) is 0 Å². The van der Waals surface area contributed by atoms with E-state index >= 15 is 0 Å². The van der Waals surface area contributed by atoms with Gasteiger partial charge >= 0.3 is 0 Å². The van der Waals surface area contributed by atoms with Crippen LogP contribution in [0.4, 0.5) is 5.69 Å². The molecule has 0 aromatic heterocycles. The van der Waals surface area contributed by atoms with Crippen LogP contribution in [-0.4, -0.2) is 13.1 Å². The molecule has 2 N–H and O–H groups in total. The first-order chi connectivity index (χ1) is 7.83. The van der Waals surface area contributed by atoms with Crippen LogP contribution in [-0.2, 0) is 6.54 Å². The second kappa shape index (κ2) is 5.35. The van der Waals surface area contributed by atoms with E-state index in [2.05, 4.69) is 36.1 Å². The maximum atomic E-state index is 5.69. The number of nitrogens with zero attached hydrogens (tertiary/aromatic N) is 1. The zero-order valence-electron chi connectivity index (χ0n) is 10.2. The van der Waals surface area contributed by atoms with Crippen LogP contribution in [0.25, 0.3) is 0 Å². The average Bonchev–Trinajstić information content (AvgIpc) is 3.12. The van der Waals surface area contributed by atoms with Crippen LogP contribution in [0.1, 0.15) is 31.7 Å². The molecule has 1 aromatic rings. The molecule has 1 aromatic carbocycles. The zero-order chi connectivity index (χ0) is 11.4. The van der Waals surface area contributed by atoms with Crippen LogP contribution in [0.15, 0.2) is 24.3 Å². The van der Waals surface area contributed by atoms with E-state index in [4.69, 9.17) is 5.73 Å². The Kier molecular flexibility index (Phi) is 3.83. The summed E-state index contributed by atoms with van der Waals surface area (Å²) in [7, 11) is 0. The molecule has 0 radical (unpaired) electrons. The first-order valence-electron chi connectivity index (χ1n) is 6.37. The SMILES string of the molecule is CCCN(CC1CC1)c1cccc(CN)c1. The van der Waals surface area contributed by atoms with Crippen molar-refractivity contribution in [1.82, 2.24) is 0 Å². The molecule has 16 heavy (non-hydrogen) atoms. The lowest BCUT2D eigenvalue weighted by Gasteiger charge is -2.24. The number of hydrogen-bond acceptors (Lipinski definition) is 2. The number of nitrogens with two attached hydrogens (primary N) is 1. The molecule has 0 bridgehead atoms. The normalized spacial score (nSPS) is 15.1. The molecular weight excluding hydrogens is 196 g/mol. The van der Waals surface area contributed by atoms with Crippen molar-refractivity contribution >= 4 is 5.69 Å². The predicted molar refractivity (Wildman–Crippen MR) is 69.6 cm³/mol. The lowest BCUT2D eigenvalue weighted by molar-refractivity contribution is 0.707. The summed E-state index contributed by atoms with van der Waals surface area (Å²) in [6, 6.07) is 8.66. The molecule has 1 aliphatic carbocycles. The number of benzene rings is 1. The van der Waals surface area contributed by atoms with Crippen molar-refractivity contribution in [1.29, 1.82) is 0 Å². The van der Waals surface area contributed by atoms with Crippen LogP contribution >= 0.6 is 0 Å². The molecule has 88 valence electrons. The Bertz CT molecular complexity index is 331. The van der Waals surface area contributed by atoms with E-state index in [9.17, 15) is 0 Å². The molecular formula is C14H22N2. The topological polar surface area (TPSA) is 29.3 Å². The second-order valence-electron chi connectivity index (χ2n) is 4.76. The van der Waals surface area contributed by atoms with Crippen LogP contribution in [0.2, 0.25) is 0 Å². The molecule has 0 unspecified atom stereocenters. The first kappa shape index (κ1) is 11.5. The van der Waals surface area contributed by atoms with Gasteiger partial charge in [-0.25, -0.2) is 0 Å². The van der Waals surface area contributed by atoms with Crippen molar-refractivity contribution in [3.8, 4) is 0 Å². The van der Waals surface area contributed by atoms with Crippen molar-refractivity contribution in [2.75, 3.05) is 18.0 Å². The standard InChI is InChI=1S/C14H22N2/c1-2-8-16(11-12-6-7-12)14-5-3-4-13(9-14)10-15/h3-5,9,12H,2,6-8,10-11,15H2,1H3. The monoisotopic (exact) mass is 218 g/mol. The Balaban J connectivity index is 2.08. The molecule has 0 heterocycles. The van der Waals surface area contributed by atoms with Crippen molar-refractivity contribution in [2.45, 2.75) is 32.7 Å². The Hall–Kier alpha value is -1.02. The Morgan fingerprint density at radius 2 is 2.19 bits per heavy atom. The third-order valence-electron chi connectivity index (χ3n) is 3.18. The largest absolute Gasteiger partial charge is 0.371 e. The van der Waals surface area contributed by atoms with Crippen LogP contribution in [0.5, 0.6) is 0 Å². The van der Waals surface area contributed by atoms with Gasteiger partial charge in [0.25, 0.3) is 0 Å². The lowest BCUT2D eigenvalue weighted by Crippen LogP contribution is -2.26. The zero-order valence-corrected chi connectivity index (χ0v) is 10.2. The third kappa shape index (κ3) is 2.99. The summed E-state index contributed by atoms with van der Waals surface area (Å²) < 4.78 is 0. The molecule has 0 amide bonds. The Morgan fingerprint density at radius 3 is 2.81 bits per heavy atom. The smallest absolute Gasteiger partial charge is 0.0369 e. The minimum absolute atomic E-state index is 0.636. The summed E-state index contributed by atoms with van der Waals surface area (Å²) in [5.41, 5.74) is 8.26. The molecule has 1 saturated carbocycles. The van der Waals surface area contributed by atoms with Crippen molar-refractivity contribution < 1.29 is 0 Å². The minimum Gasteiger partial charge on any atom is -0.371 e. The van der Waals surface area contributed by atoms with Gasteiger partial charge in [-0.2, -0.15) is 0 Å². The third-order valence-corrected chi connectivity index (χ3v) is 3.18. The van der Waals surface area contributed by atoms with Crippen molar-refractivity contribution in [3.63, 3.8) is 0 Å². The fourth-order valence-corrected chi connectivity index (χ4v) is 2.09. The molecule has 0 aliphatic heterocycles. The van der Waals surface area contributed by atoms with Gasteiger partial charge in [0.15, 0.2) is 0 Å². The fourth-order valence-electron chi connectivity index (χ4n) is 2.09. The van der Waals surface area contributed by atoms with Gasteiger partial charge in [0.1, 0.15) is 0 Å². The molecule has 1 fully saturated rings. The van der Waals surface area contributed by atoms with Crippen LogP contribution in [0.3, 0.4) is 0 Å². The van der Waals surface area contributed by atoms with E-state index < -0.39 is 0 Å². The fraction of sp³-hybridized carbons (Fsp3) is 0.571. The molecule has 1 aliphatic rings. The molecule has 0 spiro atoms. The van der Waals surface area contributed by atoms with E-state index in [0.717, 1.165) is 12.5 Å². The Morgan fingerprint density at radius 1 is 1.38 bits per heavy atom. The van der Waals surface area contributed by atoms with Gasteiger partial charge in [-0.15, -0.1) is 0 Å². The van der Waals surface area contributed by atoms with Gasteiger partial charge < -0.3 is 10.6 Å². The summed E-state index contributed by atoms with van der Waals surface area (Å²) in [6.45, 7) is 5.26. The van der Waals surface area contributed by atoms with Gasteiger partial charge in [-0.3, -0.25) is 0 Å². The average molecular weight is 218 g/mol. The summed E-state index contributed by atoms with van der Waals surface area (Å²) >= 11 is 0. The van der Waals surface area contributed by atoms with Crippen LogP contribution in [0, 0.1) is 5.92 Å². The predicted octanol–water partition coefficient (Wildman–Crippen LogP) is 2.77. The van der Waals surface area contributed by atoms with E-state index in [1.807, 2.05) is 0 Å². The quantitative estimate of drug-likeness (QED) is 0.795. The highest BCUT2D eigenvalue weighted by atomic mass is 15.1. The maximum Gasteiger partial charge on any atom is 0.0369 e. The summed E-state index contributed by atoms with van der Waals surface area (Å²) in [5, 5.41) is 0. The van der Waals surface area contributed by atoms with Gasteiger partial charge in [-0.1, -0.05) is 19.1 Å². The highest BCUT2D eigenvalue weighted by molar-refractivity contribution is 5.48. The summed E-state index contributed by atoms with van der Waals surface area (Å²) in [5.74, 6) is 0.938. The molecule has 2 heteroatoms. The maximum absolute atomic E-state index is 5.69. The second-order valence-corrected chi connectivity index (χ2v) is 4.76. The molecule has 0 saturated heterocycles. The highest BCUT2D eigenvalue weighted by Gasteiger charge is 2.24. The van der Waals surface area contributed by atoms with E-state index in [1.165, 1.54) is 37.1 Å². The molecule has 2 nitrogen and oxygen atoms in total. The number of rotatable bonds is 6. The lowest BCUT2D eigenvalue weighted by atomic mass is 10.1. The van der Waals surface area contributed by atoms with Gasteiger partial charge in [0, 0.05) is 25.3 Å². The Labute approximate surface area is 98.4 Å². The first-order valence-corrected chi connectivity index (χ1v) is 6.37. The van der Waals surface area contributed by atoms with E-state index in [1.54, 1.807) is 0 Å². The number of hydrogen-bond donors (Lipinski definition) is 1. The number of anilines is 1. The minimum atomic E-state index is 0.636. The van der Waals surface area contributed by atoms with E-state index in [0.29, 0.717) is 6.54 Å². The molecule has 2 rings (SSSR count). The van der Waals surface area contributed by atoms with Crippen molar-refractivity contribution in [3.05, 3.63) is 29.8 Å². The van der Waals surface area contributed by atoms with Crippen LogP contribution < -0.4 is 10.6 Å². The van der Waals surface area contributed by atoms with Gasteiger partial charge in [0.05, 0.1) is 0 Å². The highest BCUT2D eigenvalue weighted by Crippen LogP contribution is 2.31. The van der Waals surface area contributed by atoms with Gasteiger partial charge in [0.2, 0.25) is 0 Å². The summed E-state index contributed by atoms with van der Waals surface area (Å²) in [6.07, 6.45) is 4.03. The molecule has 0 atom stereocenters. The van der Waals surface area contributed by atoms with Gasteiger partial charge in [-0.05, 0) is 42.9 Å².